The average Bonchev–Trinajstić information content (AvgIpc) is 2.64. The van der Waals surface area contributed by atoms with Crippen LogP contribution in [0.25, 0.3) is 0 Å². The highest BCUT2D eigenvalue weighted by Gasteiger charge is 2.25. The Labute approximate surface area is 88.4 Å². The van der Waals surface area contributed by atoms with Crippen molar-refractivity contribution in [3.8, 4) is 0 Å². The van der Waals surface area contributed by atoms with Crippen molar-refractivity contribution < 1.29 is 4.74 Å². The van der Waals surface area contributed by atoms with E-state index in [1.807, 2.05) is 0 Å². The number of nitrogens with one attached hydrogen (secondary N) is 1. The fourth-order valence-corrected chi connectivity index (χ4v) is 2.18. The third-order valence-corrected chi connectivity index (χ3v) is 2.95. The normalized spacial score (nSPS) is 24.4. The lowest BCUT2D eigenvalue weighted by Gasteiger charge is -2.26. The van der Waals surface area contributed by atoms with Crippen molar-refractivity contribution in [3.05, 3.63) is 0 Å². The fraction of sp³-hybridized carbons (Fsp3) is 1.00. The quantitative estimate of drug-likeness (QED) is 0.710. The molecule has 0 aromatic heterocycles. The lowest BCUT2D eigenvalue weighted by Crippen LogP contribution is -2.40. The van der Waals surface area contributed by atoms with Gasteiger partial charge in [0, 0.05) is 18.7 Å². The molecule has 0 amide bonds. The van der Waals surface area contributed by atoms with Gasteiger partial charge < -0.3 is 10.1 Å². The van der Waals surface area contributed by atoms with Crippen LogP contribution in [0.4, 0.5) is 0 Å². The number of unbranched alkanes of at least 4 members (excludes halogenated alkanes) is 1. The first kappa shape index (κ1) is 12.0. The first-order valence-electron chi connectivity index (χ1n) is 6.07. The standard InChI is InChI=1S/C12H25NO/c1-4-5-6-12(13-10(2)3)11-7-8-14-9-11/h10-13H,4-9H2,1-3H3. The van der Waals surface area contributed by atoms with Gasteiger partial charge in [-0.1, -0.05) is 33.6 Å². The molecule has 1 N–H and O–H groups in total. The van der Waals surface area contributed by atoms with Gasteiger partial charge in [-0.2, -0.15) is 0 Å². The van der Waals surface area contributed by atoms with E-state index >= 15 is 0 Å². The molecular weight excluding hydrogens is 174 g/mol. The number of hydrogen-bond donors (Lipinski definition) is 1. The summed E-state index contributed by atoms with van der Waals surface area (Å²) in [6, 6.07) is 1.27. The van der Waals surface area contributed by atoms with Gasteiger partial charge in [0.2, 0.25) is 0 Å². The summed E-state index contributed by atoms with van der Waals surface area (Å²) in [4.78, 5) is 0. The molecule has 1 saturated heterocycles. The average molecular weight is 199 g/mol. The van der Waals surface area contributed by atoms with Crippen molar-refractivity contribution in [1.29, 1.82) is 0 Å². The van der Waals surface area contributed by atoms with E-state index in [0.717, 1.165) is 19.1 Å². The van der Waals surface area contributed by atoms with Crippen LogP contribution in [0, 0.1) is 5.92 Å². The van der Waals surface area contributed by atoms with E-state index in [1.165, 1.54) is 25.7 Å². The molecule has 1 fully saturated rings. The van der Waals surface area contributed by atoms with E-state index in [4.69, 9.17) is 4.74 Å². The Hall–Kier alpha value is -0.0800. The molecule has 1 heterocycles. The Balaban J connectivity index is 2.34. The smallest absolute Gasteiger partial charge is 0.0510 e. The van der Waals surface area contributed by atoms with E-state index in [1.54, 1.807) is 0 Å². The molecule has 0 aromatic carbocycles. The topological polar surface area (TPSA) is 21.3 Å². The lowest BCUT2D eigenvalue weighted by molar-refractivity contribution is 0.173. The minimum Gasteiger partial charge on any atom is -0.381 e. The highest BCUT2D eigenvalue weighted by molar-refractivity contribution is 4.80. The molecule has 0 radical (unpaired) electrons. The van der Waals surface area contributed by atoms with Gasteiger partial charge in [0.1, 0.15) is 0 Å². The minimum atomic E-state index is 0.595. The second-order valence-corrected chi connectivity index (χ2v) is 4.69. The van der Waals surface area contributed by atoms with E-state index in [-0.39, 0.29) is 0 Å². The molecule has 1 aliphatic heterocycles. The van der Waals surface area contributed by atoms with Crippen molar-refractivity contribution in [2.75, 3.05) is 13.2 Å². The van der Waals surface area contributed by atoms with Gasteiger partial charge in [0.15, 0.2) is 0 Å². The molecule has 0 aromatic rings. The van der Waals surface area contributed by atoms with E-state index in [9.17, 15) is 0 Å². The second kappa shape index (κ2) is 6.41. The van der Waals surface area contributed by atoms with Crippen molar-refractivity contribution >= 4 is 0 Å². The highest BCUT2D eigenvalue weighted by atomic mass is 16.5. The molecule has 0 spiro atoms. The molecule has 1 aliphatic rings. The third-order valence-electron chi connectivity index (χ3n) is 2.95. The van der Waals surface area contributed by atoms with Gasteiger partial charge >= 0.3 is 0 Å². The molecule has 2 nitrogen and oxygen atoms in total. The molecule has 2 heteroatoms. The van der Waals surface area contributed by atoms with Gasteiger partial charge in [-0.05, 0) is 18.8 Å². The molecule has 84 valence electrons. The van der Waals surface area contributed by atoms with E-state index in [2.05, 4.69) is 26.1 Å². The Morgan fingerprint density at radius 3 is 2.71 bits per heavy atom. The first-order chi connectivity index (χ1) is 6.74. The summed E-state index contributed by atoms with van der Waals surface area (Å²) in [6.07, 6.45) is 5.18. The van der Waals surface area contributed by atoms with Crippen LogP contribution in [-0.2, 0) is 4.74 Å². The number of rotatable bonds is 6. The molecule has 1 rings (SSSR count). The molecule has 0 saturated carbocycles. The van der Waals surface area contributed by atoms with Crippen LogP contribution in [0.5, 0.6) is 0 Å². The molecule has 2 atom stereocenters. The molecule has 0 aliphatic carbocycles. The highest BCUT2D eigenvalue weighted by Crippen LogP contribution is 2.20. The van der Waals surface area contributed by atoms with Crippen LogP contribution in [0.15, 0.2) is 0 Å². The van der Waals surface area contributed by atoms with Crippen LogP contribution < -0.4 is 5.32 Å². The van der Waals surface area contributed by atoms with Crippen LogP contribution >= 0.6 is 0 Å². The van der Waals surface area contributed by atoms with Crippen LogP contribution in [0.2, 0.25) is 0 Å². The van der Waals surface area contributed by atoms with Gasteiger partial charge in [-0.15, -0.1) is 0 Å². The minimum absolute atomic E-state index is 0.595. The zero-order chi connectivity index (χ0) is 10.4. The number of hydrogen-bond acceptors (Lipinski definition) is 2. The first-order valence-corrected chi connectivity index (χ1v) is 6.07. The van der Waals surface area contributed by atoms with Gasteiger partial charge in [-0.3, -0.25) is 0 Å². The SMILES string of the molecule is CCCCC(NC(C)C)C1CCOC1. The molecular formula is C12H25NO. The van der Waals surface area contributed by atoms with Gasteiger partial charge in [0.05, 0.1) is 6.61 Å². The maximum atomic E-state index is 5.46. The Kier molecular flexibility index (Phi) is 5.49. The summed E-state index contributed by atoms with van der Waals surface area (Å²) in [5.74, 6) is 0.754. The van der Waals surface area contributed by atoms with Crippen LogP contribution in [0.1, 0.15) is 46.5 Å². The molecule has 2 unspecified atom stereocenters. The molecule has 0 bridgehead atoms. The van der Waals surface area contributed by atoms with Gasteiger partial charge in [-0.25, -0.2) is 0 Å². The predicted octanol–water partition coefficient (Wildman–Crippen LogP) is 2.58. The summed E-state index contributed by atoms with van der Waals surface area (Å²) in [7, 11) is 0. The van der Waals surface area contributed by atoms with Crippen LogP contribution in [0.3, 0.4) is 0 Å². The van der Waals surface area contributed by atoms with Gasteiger partial charge in [0.25, 0.3) is 0 Å². The number of ether oxygens (including phenoxy) is 1. The maximum absolute atomic E-state index is 5.46. The lowest BCUT2D eigenvalue weighted by atomic mass is 9.94. The van der Waals surface area contributed by atoms with E-state index < -0.39 is 0 Å². The zero-order valence-electron chi connectivity index (χ0n) is 9.88. The maximum Gasteiger partial charge on any atom is 0.0510 e. The summed E-state index contributed by atoms with van der Waals surface area (Å²) in [5, 5.41) is 3.68. The van der Waals surface area contributed by atoms with Crippen molar-refractivity contribution in [2.45, 2.75) is 58.5 Å². The summed E-state index contributed by atoms with van der Waals surface area (Å²) < 4.78 is 5.46. The monoisotopic (exact) mass is 199 g/mol. The summed E-state index contributed by atoms with van der Waals surface area (Å²) >= 11 is 0. The van der Waals surface area contributed by atoms with Crippen molar-refractivity contribution in [1.82, 2.24) is 5.32 Å². The van der Waals surface area contributed by atoms with Crippen molar-refractivity contribution in [3.63, 3.8) is 0 Å². The largest absolute Gasteiger partial charge is 0.381 e. The zero-order valence-corrected chi connectivity index (χ0v) is 9.88. The second-order valence-electron chi connectivity index (χ2n) is 4.69. The van der Waals surface area contributed by atoms with Crippen LogP contribution in [-0.4, -0.2) is 25.3 Å². The van der Waals surface area contributed by atoms with Crippen molar-refractivity contribution in [2.24, 2.45) is 5.92 Å². The summed E-state index contributed by atoms with van der Waals surface area (Å²) in [6.45, 7) is 8.66. The Bertz CT molecular complexity index is 141. The fourth-order valence-electron chi connectivity index (χ4n) is 2.18. The third kappa shape index (κ3) is 3.97. The Morgan fingerprint density at radius 2 is 2.21 bits per heavy atom. The molecule has 14 heavy (non-hydrogen) atoms. The summed E-state index contributed by atoms with van der Waals surface area (Å²) in [5.41, 5.74) is 0. The van der Waals surface area contributed by atoms with E-state index in [0.29, 0.717) is 12.1 Å². The predicted molar refractivity (Wildman–Crippen MR) is 60.5 cm³/mol. The Morgan fingerprint density at radius 1 is 1.43 bits per heavy atom.